The second-order valence-electron chi connectivity index (χ2n) is 12.4. The Morgan fingerprint density at radius 3 is 1.58 bits per heavy atom. The molecule has 14 heteroatoms. The fourth-order valence-corrected chi connectivity index (χ4v) is 3.00. The van der Waals surface area contributed by atoms with Crippen molar-refractivity contribution in [1.82, 2.24) is 9.80 Å². The molecule has 3 unspecified atom stereocenters. The van der Waals surface area contributed by atoms with E-state index in [1.54, 1.807) is 6.92 Å². The summed E-state index contributed by atoms with van der Waals surface area (Å²) in [7, 11) is 11.6. The number of hydrogen-bond acceptors (Lipinski definition) is 14. The zero-order valence-electron chi connectivity index (χ0n) is 33.2. The van der Waals surface area contributed by atoms with Crippen LogP contribution in [0.1, 0.15) is 74.1 Å². The third-order valence-corrected chi connectivity index (χ3v) is 6.71. The molecule has 14 nitrogen and oxygen atoms in total. The molecule has 0 N–H and O–H groups in total. The van der Waals surface area contributed by atoms with Gasteiger partial charge in [-0.3, -0.25) is 14.4 Å². The summed E-state index contributed by atoms with van der Waals surface area (Å²) < 4.78 is 28.3. The van der Waals surface area contributed by atoms with Crippen LogP contribution in [0.15, 0.2) is 24.8 Å². The molecule has 3 atom stereocenters. The van der Waals surface area contributed by atoms with Crippen LogP contribution in [0.2, 0.25) is 0 Å². The molecule has 0 bridgehead atoms. The number of hydrogen-bond donors (Lipinski definition) is 0. The Hall–Kier alpha value is -3.78. The molecule has 0 saturated carbocycles. The van der Waals surface area contributed by atoms with Crippen molar-refractivity contribution in [2.75, 3.05) is 75.8 Å². The Kier molecular flexibility index (Phi) is 33.1. The van der Waals surface area contributed by atoms with E-state index in [4.69, 9.17) is 14.2 Å². The van der Waals surface area contributed by atoms with Gasteiger partial charge in [0, 0.05) is 31.2 Å². The molecule has 0 aliphatic carbocycles. The van der Waals surface area contributed by atoms with Gasteiger partial charge in [-0.1, -0.05) is 47.3 Å². The van der Waals surface area contributed by atoms with E-state index in [1.807, 2.05) is 65.7 Å². The summed E-state index contributed by atoms with van der Waals surface area (Å²) >= 11 is 0. The number of likely N-dealkylation sites (N-methyl/N-ethyl adjacent to an activating group) is 2. The first kappa shape index (κ1) is 53.0. The maximum absolute atomic E-state index is 11.4. The average molecular weight is 719 g/mol. The number of carbonyl (C=O) groups excluding carboxylic acids is 6. The lowest BCUT2D eigenvalue weighted by molar-refractivity contribution is -0.166. The number of carbonyl (C=O) groups is 6. The molecule has 0 aromatic rings. The molecule has 0 aliphatic heterocycles. The Morgan fingerprint density at radius 1 is 0.760 bits per heavy atom. The first-order valence-corrected chi connectivity index (χ1v) is 16.5. The van der Waals surface area contributed by atoms with E-state index in [9.17, 15) is 28.8 Å². The largest absolute Gasteiger partial charge is 0.469 e. The minimum Gasteiger partial charge on any atom is -0.469 e. The lowest BCUT2D eigenvalue weighted by Crippen LogP contribution is -2.32. The van der Waals surface area contributed by atoms with Crippen LogP contribution in [0, 0.1) is 17.3 Å². The maximum atomic E-state index is 11.4. The van der Waals surface area contributed by atoms with Crippen LogP contribution in [0.25, 0.3) is 0 Å². The molecule has 50 heavy (non-hydrogen) atoms. The lowest BCUT2D eigenvalue weighted by atomic mass is 9.91. The number of esters is 6. The molecule has 292 valence electrons. The molecular weight excluding hydrogens is 652 g/mol. The number of ether oxygens (including phenoxy) is 6. The smallest absolute Gasteiger partial charge is 0.347 e. The van der Waals surface area contributed by atoms with Crippen LogP contribution >= 0.6 is 0 Å². The summed E-state index contributed by atoms with van der Waals surface area (Å²) in [6, 6.07) is 0. The van der Waals surface area contributed by atoms with Gasteiger partial charge in [-0.2, -0.15) is 0 Å². The number of nitrogens with zero attached hydrogens (tertiary/aromatic N) is 2. The van der Waals surface area contributed by atoms with Crippen molar-refractivity contribution in [3.63, 3.8) is 0 Å². The van der Waals surface area contributed by atoms with Crippen molar-refractivity contribution in [2.24, 2.45) is 17.3 Å². The molecule has 0 fully saturated rings. The van der Waals surface area contributed by atoms with Crippen LogP contribution < -0.4 is 0 Å². The highest BCUT2D eigenvalue weighted by Crippen LogP contribution is 2.20. The molecule has 0 spiro atoms. The summed E-state index contributed by atoms with van der Waals surface area (Å²) in [6.45, 7) is 21.9. The fraction of sp³-hybridized carbons (Fsp3) is 0.722. The Morgan fingerprint density at radius 2 is 1.24 bits per heavy atom. The summed E-state index contributed by atoms with van der Waals surface area (Å²) in [5.74, 6) is -3.02. The molecule has 0 amide bonds. The van der Waals surface area contributed by atoms with Crippen LogP contribution in [0.4, 0.5) is 0 Å². The van der Waals surface area contributed by atoms with Gasteiger partial charge in [-0.15, -0.1) is 0 Å². The first-order valence-electron chi connectivity index (χ1n) is 16.5. The van der Waals surface area contributed by atoms with E-state index < -0.39 is 29.9 Å². The van der Waals surface area contributed by atoms with Crippen molar-refractivity contribution in [3.8, 4) is 0 Å². The molecule has 0 heterocycles. The van der Waals surface area contributed by atoms with Crippen LogP contribution in [0.5, 0.6) is 0 Å². The van der Waals surface area contributed by atoms with Gasteiger partial charge in [0.05, 0.1) is 38.6 Å². The summed E-state index contributed by atoms with van der Waals surface area (Å²) in [4.78, 5) is 70.5. The zero-order chi connectivity index (χ0) is 40.0. The summed E-state index contributed by atoms with van der Waals surface area (Å²) in [5.41, 5.74) is -0.149. The molecule has 0 radical (unpaired) electrons. The predicted octanol–water partition coefficient (Wildman–Crippen LogP) is 4.25. The van der Waals surface area contributed by atoms with E-state index in [-0.39, 0.29) is 41.2 Å². The average Bonchev–Trinajstić information content (AvgIpc) is 3.06. The van der Waals surface area contributed by atoms with E-state index in [0.717, 1.165) is 38.4 Å². The van der Waals surface area contributed by atoms with Crippen molar-refractivity contribution < 1.29 is 57.2 Å². The molecule has 0 aromatic carbocycles. The molecule has 0 saturated heterocycles. The Balaban J connectivity index is -0.000000293. The SMILES string of the molecule is C=C(C)C(=O)OC(CC(C)C(=O)OC)C(=O)OC.C=CC(=O)OCCN(C)C.CCC(C)(C)C(=O)OC.CCCC(C)C(=O)OCCN(C)C. The summed E-state index contributed by atoms with van der Waals surface area (Å²) in [6.07, 6.45) is 2.78. The van der Waals surface area contributed by atoms with Gasteiger partial charge >= 0.3 is 35.8 Å². The van der Waals surface area contributed by atoms with E-state index in [0.29, 0.717) is 13.2 Å². The van der Waals surface area contributed by atoms with Crippen LogP contribution in [-0.2, 0) is 57.2 Å². The van der Waals surface area contributed by atoms with Crippen LogP contribution in [-0.4, -0.2) is 128 Å². The predicted molar refractivity (Wildman–Crippen MR) is 192 cm³/mol. The first-order chi connectivity index (χ1) is 23.1. The second kappa shape index (κ2) is 31.2. The van der Waals surface area contributed by atoms with Gasteiger partial charge in [0.2, 0.25) is 0 Å². The quantitative estimate of drug-likeness (QED) is 0.112. The van der Waals surface area contributed by atoms with Gasteiger partial charge in [0.15, 0.2) is 6.10 Å². The minimum atomic E-state index is -1.15. The van der Waals surface area contributed by atoms with Crippen molar-refractivity contribution in [1.29, 1.82) is 0 Å². The standard InChI is InChI=1S/C12H18O6.C10H21NO2.C7H13NO2.C7H14O2/c1-7(2)10(13)18-9(12(15)17-5)6-8(3)11(14)16-4;1-5-6-9(2)10(12)13-8-7-11(3)4;1-4-7(9)10-6-5-8(2)3;1-5-7(2,3)6(8)9-4/h8-9H,1,6H2,2-5H3;9H,5-8H2,1-4H3;4H,1,5-6H2,2-3H3;5H2,1-4H3. The van der Waals surface area contributed by atoms with E-state index >= 15 is 0 Å². The highest BCUT2D eigenvalue weighted by Gasteiger charge is 2.29. The van der Waals surface area contributed by atoms with Crippen molar-refractivity contribution >= 4 is 35.8 Å². The lowest BCUT2D eigenvalue weighted by Gasteiger charge is -2.18. The zero-order valence-corrected chi connectivity index (χ0v) is 33.2. The monoisotopic (exact) mass is 718 g/mol. The van der Waals surface area contributed by atoms with Gasteiger partial charge in [0.1, 0.15) is 13.2 Å². The van der Waals surface area contributed by atoms with E-state index in [2.05, 4.69) is 34.3 Å². The highest BCUT2D eigenvalue weighted by atomic mass is 16.6. The van der Waals surface area contributed by atoms with Crippen molar-refractivity contribution in [3.05, 3.63) is 24.8 Å². The molecule has 0 aromatic heterocycles. The fourth-order valence-electron chi connectivity index (χ4n) is 3.00. The maximum Gasteiger partial charge on any atom is 0.347 e. The third kappa shape index (κ3) is 30.3. The Labute approximate surface area is 300 Å². The molecule has 0 aliphatic rings. The number of methoxy groups -OCH3 is 3. The highest BCUT2D eigenvalue weighted by molar-refractivity contribution is 5.89. The Bertz CT molecular complexity index is 1020. The van der Waals surface area contributed by atoms with Gasteiger partial charge in [0.25, 0.3) is 0 Å². The second-order valence-corrected chi connectivity index (χ2v) is 12.4. The normalized spacial score (nSPS) is 12.0. The summed E-state index contributed by atoms with van der Waals surface area (Å²) in [5, 5.41) is 0. The van der Waals surface area contributed by atoms with Crippen LogP contribution in [0.3, 0.4) is 0 Å². The number of rotatable bonds is 18. The third-order valence-electron chi connectivity index (χ3n) is 6.71. The molecule has 0 rings (SSSR count). The minimum absolute atomic E-state index is 0.00162. The van der Waals surface area contributed by atoms with Gasteiger partial charge in [-0.05, 0) is 61.8 Å². The molecular formula is C36H66N2O12. The topological polar surface area (TPSA) is 164 Å². The van der Waals surface area contributed by atoms with Gasteiger partial charge < -0.3 is 38.2 Å². The van der Waals surface area contributed by atoms with Gasteiger partial charge in [-0.25, -0.2) is 14.4 Å². The van der Waals surface area contributed by atoms with E-state index in [1.165, 1.54) is 28.3 Å². The van der Waals surface area contributed by atoms with Crippen molar-refractivity contribution in [2.45, 2.75) is 80.3 Å².